The van der Waals surface area contributed by atoms with Crippen molar-refractivity contribution in [3.63, 3.8) is 0 Å². The number of hydrogen-bond donors (Lipinski definition) is 2. The van der Waals surface area contributed by atoms with Crippen molar-refractivity contribution < 1.29 is 9.18 Å². The third-order valence-corrected chi connectivity index (χ3v) is 4.79. The lowest BCUT2D eigenvalue weighted by Crippen LogP contribution is -2.40. The topological polar surface area (TPSA) is 41.1 Å². The summed E-state index contributed by atoms with van der Waals surface area (Å²) in [5.41, 5.74) is 0.940. The van der Waals surface area contributed by atoms with Crippen molar-refractivity contribution in [1.29, 1.82) is 0 Å². The molecule has 2 heterocycles. The summed E-state index contributed by atoms with van der Waals surface area (Å²) < 4.78 is 12.9. The van der Waals surface area contributed by atoms with Crippen molar-refractivity contribution in [2.45, 2.75) is 57.2 Å². The molecule has 2 aliphatic rings. The quantitative estimate of drug-likeness (QED) is 0.895. The molecular formula is C17H23FN2O. The summed E-state index contributed by atoms with van der Waals surface area (Å²) in [6.45, 7) is 1.94. The summed E-state index contributed by atoms with van der Waals surface area (Å²) in [5, 5.41) is 6.63. The fourth-order valence-electron chi connectivity index (χ4n) is 3.74. The maximum atomic E-state index is 12.9. The van der Waals surface area contributed by atoms with Crippen LogP contribution in [0.1, 0.15) is 50.6 Å². The van der Waals surface area contributed by atoms with E-state index in [0.29, 0.717) is 24.4 Å². The Bertz CT molecular complexity index is 490. The van der Waals surface area contributed by atoms with Crippen LogP contribution in [0, 0.1) is 11.7 Å². The molecule has 2 aliphatic heterocycles. The van der Waals surface area contributed by atoms with Gasteiger partial charge in [0, 0.05) is 18.5 Å². The van der Waals surface area contributed by atoms with Gasteiger partial charge in [0.2, 0.25) is 5.91 Å². The van der Waals surface area contributed by atoms with Gasteiger partial charge in [0.15, 0.2) is 0 Å². The van der Waals surface area contributed by atoms with Gasteiger partial charge in [-0.1, -0.05) is 12.1 Å². The number of carbonyl (C=O) groups excluding carboxylic acids is 1. The van der Waals surface area contributed by atoms with Gasteiger partial charge in [-0.15, -0.1) is 0 Å². The molecule has 114 valence electrons. The second-order valence-corrected chi connectivity index (χ2v) is 6.52. The van der Waals surface area contributed by atoms with Gasteiger partial charge in [-0.3, -0.25) is 4.79 Å². The molecule has 2 bridgehead atoms. The van der Waals surface area contributed by atoms with E-state index in [1.54, 1.807) is 12.1 Å². The SMILES string of the molecule is CC(NC(=O)CC1CC2CCC(C1)N2)c1ccc(F)cc1. The molecule has 2 fully saturated rings. The Morgan fingerprint density at radius 1 is 1.29 bits per heavy atom. The number of benzene rings is 1. The summed E-state index contributed by atoms with van der Waals surface area (Å²) in [6, 6.07) is 7.49. The van der Waals surface area contributed by atoms with Gasteiger partial charge in [0.05, 0.1) is 6.04 Å². The van der Waals surface area contributed by atoms with E-state index >= 15 is 0 Å². The first-order chi connectivity index (χ1) is 10.1. The average Bonchev–Trinajstić information content (AvgIpc) is 2.78. The molecule has 1 aromatic carbocycles. The maximum Gasteiger partial charge on any atom is 0.220 e. The van der Waals surface area contributed by atoms with Crippen LogP contribution in [0.15, 0.2) is 24.3 Å². The van der Waals surface area contributed by atoms with E-state index < -0.39 is 0 Å². The summed E-state index contributed by atoms with van der Waals surface area (Å²) in [6.07, 6.45) is 5.37. The van der Waals surface area contributed by atoms with Crippen molar-refractivity contribution in [2.24, 2.45) is 5.92 Å². The van der Waals surface area contributed by atoms with Crippen molar-refractivity contribution in [2.75, 3.05) is 0 Å². The zero-order chi connectivity index (χ0) is 14.8. The van der Waals surface area contributed by atoms with E-state index in [1.165, 1.54) is 25.0 Å². The lowest BCUT2D eigenvalue weighted by Gasteiger charge is -2.29. The van der Waals surface area contributed by atoms with E-state index in [4.69, 9.17) is 0 Å². The van der Waals surface area contributed by atoms with Crippen molar-refractivity contribution in [3.8, 4) is 0 Å². The molecule has 0 aromatic heterocycles. The van der Waals surface area contributed by atoms with Gasteiger partial charge < -0.3 is 10.6 Å². The fraction of sp³-hybridized carbons (Fsp3) is 0.588. The molecular weight excluding hydrogens is 267 g/mol. The average molecular weight is 290 g/mol. The van der Waals surface area contributed by atoms with Crippen molar-refractivity contribution in [1.82, 2.24) is 10.6 Å². The van der Waals surface area contributed by atoms with Crippen LogP contribution in [0.4, 0.5) is 4.39 Å². The molecule has 1 amide bonds. The zero-order valence-corrected chi connectivity index (χ0v) is 12.4. The van der Waals surface area contributed by atoms with Gasteiger partial charge in [-0.25, -0.2) is 4.39 Å². The molecule has 3 atom stereocenters. The lowest BCUT2D eigenvalue weighted by atomic mass is 9.89. The number of amides is 1. The first-order valence-corrected chi connectivity index (χ1v) is 7.91. The highest BCUT2D eigenvalue weighted by Crippen LogP contribution is 2.32. The minimum atomic E-state index is -0.248. The summed E-state index contributed by atoms with van der Waals surface area (Å²) in [4.78, 5) is 12.2. The maximum absolute atomic E-state index is 12.9. The van der Waals surface area contributed by atoms with Crippen molar-refractivity contribution >= 4 is 5.91 Å². The molecule has 3 nitrogen and oxygen atoms in total. The molecule has 2 saturated heterocycles. The molecule has 0 radical (unpaired) electrons. The molecule has 3 rings (SSSR count). The Morgan fingerprint density at radius 3 is 2.52 bits per heavy atom. The number of carbonyl (C=O) groups is 1. The Labute approximate surface area is 125 Å². The predicted molar refractivity (Wildman–Crippen MR) is 80.2 cm³/mol. The van der Waals surface area contributed by atoms with E-state index in [2.05, 4.69) is 10.6 Å². The van der Waals surface area contributed by atoms with Crippen molar-refractivity contribution in [3.05, 3.63) is 35.6 Å². The summed E-state index contributed by atoms with van der Waals surface area (Å²) in [7, 11) is 0. The molecule has 0 aliphatic carbocycles. The molecule has 2 N–H and O–H groups in total. The highest BCUT2D eigenvalue weighted by molar-refractivity contribution is 5.76. The minimum Gasteiger partial charge on any atom is -0.350 e. The second-order valence-electron chi connectivity index (χ2n) is 6.52. The number of rotatable bonds is 4. The first kappa shape index (κ1) is 14.5. The van der Waals surface area contributed by atoms with Gasteiger partial charge >= 0.3 is 0 Å². The number of piperidine rings is 1. The molecule has 1 aromatic rings. The summed E-state index contributed by atoms with van der Waals surface area (Å²) >= 11 is 0. The molecule has 0 spiro atoms. The predicted octanol–water partition coefficient (Wildman–Crippen LogP) is 2.92. The third kappa shape index (κ3) is 3.62. The number of nitrogens with one attached hydrogen (secondary N) is 2. The molecule has 3 unspecified atom stereocenters. The normalized spacial score (nSPS) is 29.1. The summed E-state index contributed by atoms with van der Waals surface area (Å²) in [5.74, 6) is 0.366. The third-order valence-electron chi connectivity index (χ3n) is 4.79. The van der Waals surface area contributed by atoms with Crippen LogP contribution < -0.4 is 10.6 Å². The van der Waals surface area contributed by atoms with E-state index in [9.17, 15) is 9.18 Å². The minimum absolute atomic E-state index is 0.0727. The first-order valence-electron chi connectivity index (χ1n) is 7.91. The Hall–Kier alpha value is -1.42. The van der Waals surface area contributed by atoms with Crippen LogP contribution in [0.3, 0.4) is 0 Å². The zero-order valence-electron chi connectivity index (χ0n) is 12.4. The number of halogens is 1. The second kappa shape index (κ2) is 6.14. The van der Waals surface area contributed by atoms with Crippen LogP contribution in [-0.2, 0) is 4.79 Å². The van der Waals surface area contributed by atoms with Gasteiger partial charge in [-0.2, -0.15) is 0 Å². The van der Waals surface area contributed by atoms with E-state index in [-0.39, 0.29) is 17.8 Å². The van der Waals surface area contributed by atoms with Crippen LogP contribution in [0.25, 0.3) is 0 Å². The number of hydrogen-bond acceptors (Lipinski definition) is 2. The highest BCUT2D eigenvalue weighted by atomic mass is 19.1. The van der Waals surface area contributed by atoms with Crippen LogP contribution in [-0.4, -0.2) is 18.0 Å². The molecule has 4 heteroatoms. The molecule has 21 heavy (non-hydrogen) atoms. The Kier molecular flexibility index (Phi) is 4.24. The largest absolute Gasteiger partial charge is 0.350 e. The van der Waals surface area contributed by atoms with Crippen LogP contribution in [0.5, 0.6) is 0 Å². The van der Waals surface area contributed by atoms with E-state index in [1.807, 2.05) is 6.92 Å². The van der Waals surface area contributed by atoms with Gasteiger partial charge in [0.1, 0.15) is 5.82 Å². The standard InChI is InChI=1S/C17H23FN2O/c1-11(13-2-4-14(18)5-3-13)19-17(21)10-12-8-15-6-7-16(9-12)20-15/h2-5,11-12,15-16,20H,6-10H2,1H3,(H,19,21). The number of fused-ring (bicyclic) bond motifs is 2. The van der Waals surface area contributed by atoms with Gasteiger partial charge in [-0.05, 0) is 56.2 Å². The highest BCUT2D eigenvalue weighted by Gasteiger charge is 2.34. The monoisotopic (exact) mass is 290 g/mol. The lowest BCUT2D eigenvalue weighted by molar-refractivity contribution is -0.122. The Morgan fingerprint density at radius 2 is 1.90 bits per heavy atom. The Balaban J connectivity index is 1.50. The fourth-order valence-corrected chi connectivity index (χ4v) is 3.74. The van der Waals surface area contributed by atoms with Crippen LogP contribution >= 0.6 is 0 Å². The van der Waals surface area contributed by atoms with Gasteiger partial charge in [0.25, 0.3) is 0 Å². The molecule has 0 saturated carbocycles. The smallest absolute Gasteiger partial charge is 0.220 e. The van der Waals surface area contributed by atoms with Crippen LogP contribution in [0.2, 0.25) is 0 Å². The van der Waals surface area contributed by atoms with E-state index in [0.717, 1.165) is 18.4 Å².